The molecule has 1 rings (SSSR count). The van der Waals surface area contributed by atoms with Crippen LogP contribution in [0.4, 0.5) is 4.39 Å². The molecule has 2 N–H and O–H groups in total. The summed E-state index contributed by atoms with van der Waals surface area (Å²) in [5.74, 6) is -0.535. The molecule has 1 aromatic rings. The van der Waals surface area contributed by atoms with Gasteiger partial charge in [0.2, 0.25) is 5.91 Å². The molecule has 0 radical (unpaired) electrons. The van der Waals surface area contributed by atoms with Gasteiger partial charge >= 0.3 is 0 Å². The van der Waals surface area contributed by atoms with Crippen molar-refractivity contribution in [3.05, 3.63) is 48.3 Å². The van der Waals surface area contributed by atoms with Crippen LogP contribution < -0.4 is 5.73 Å². The lowest BCUT2D eigenvalue weighted by molar-refractivity contribution is -0.132. The third-order valence-electron chi connectivity index (χ3n) is 2.37. The van der Waals surface area contributed by atoms with Crippen molar-refractivity contribution in [1.82, 2.24) is 4.90 Å². The third kappa shape index (κ3) is 4.47. The molecule has 0 fully saturated rings. The Morgan fingerprint density at radius 2 is 2.17 bits per heavy atom. The average molecular weight is 273 g/mol. The molecule has 0 bridgehead atoms. The Balaban J connectivity index is 0.00000289. The summed E-state index contributed by atoms with van der Waals surface area (Å²) in [6, 6.07) is 5.78. The summed E-state index contributed by atoms with van der Waals surface area (Å²) in [6.07, 6.45) is 1.60. The van der Waals surface area contributed by atoms with E-state index in [1.807, 2.05) is 0 Å². The van der Waals surface area contributed by atoms with Gasteiger partial charge in [-0.25, -0.2) is 4.39 Å². The molecule has 5 heteroatoms. The Morgan fingerprint density at radius 3 is 2.67 bits per heavy atom. The fourth-order valence-electron chi connectivity index (χ4n) is 1.51. The van der Waals surface area contributed by atoms with E-state index in [-0.39, 0.29) is 30.7 Å². The van der Waals surface area contributed by atoms with Crippen molar-refractivity contribution in [1.29, 1.82) is 0 Å². The van der Waals surface area contributed by atoms with Crippen LogP contribution in [0.2, 0.25) is 0 Å². The lowest BCUT2D eigenvalue weighted by Gasteiger charge is -2.23. The van der Waals surface area contributed by atoms with Crippen LogP contribution >= 0.6 is 12.4 Å². The summed E-state index contributed by atoms with van der Waals surface area (Å²) in [4.78, 5) is 13.3. The van der Waals surface area contributed by atoms with Gasteiger partial charge in [-0.05, 0) is 13.0 Å². The van der Waals surface area contributed by atoms with Crippen molar-refractivity contribution in [3.8, 4) is 0 Å². The minimum absolute atomic E-state index is 0. The third-order valence-corrected chi connectivity index (χ3v) is 2.37. The molecule has 3 nitrogen and oxygen atoms in total. The number of carbonyl (C=O) groups excluding carboxylic acids is 1. The number of hydrogen-bond donors (Lipinski definition) is 1. The predicted molar refractivity (Wildman–Crippen MR) is 72.9 cm³/mol. The smallest absolute Gasteiger partial charge is 0.239 e. The molecule has 0 unspecified atom stereocenters. The van der Waals surface area contributed by atoms with Crippen molar-refractivity contribution < 1.29 is 9.18 Å². The minimum Gasteiger partial charge on any atom is -0.333 e. The number of nitrogens with zero attached hydrogens (tertiary/aromatic N) is 1. The minimum atomic E-state index is -0.596. The largest absolute Gasteiger partial charge is 0.333 e. The molecule has 18 heavy (non-hydrogen) atoms. The Labute approximate surface area is 113 Å². The van der Waals surface area contributed by atoms with Gasteiger partial charge in [0.1, 0.15) is 5.82 Å². The standard InChI is InChI=1S/C13H17FN2O.ClH/c1-3-8-16(13(17)10(2)15)9-11-6-4-5-7-12(11)14;/h3-7,10H,1,8-9,15H2,2H3;1H/t10-;/m1./s1. The normalized spacial score (nSPS) is 11.3. The summed E-state index contributed by atoms with van der Waals surface area (Å²) in [5, 5.41) is 0. The van der Waals surface area contributed by atoms with Gasteiger partial charge in [0.05, 0.1) is 6.04 Å². The summed E-state index contributed by atoms with van der Waals surface area (Å²) < 4.78 is 13.5. The van der Waals surface area contributed by atoms with Crippen LogP contribution in [0.5, 0.6) is 0 Å². The Hall–Kier alpha value is -1.39. The second-order valence-electron chi connectivity index (χ2n) is 3.89. The zero-order valence-electron chi connectivity index (χ0n) is 10.3. The van der Waals surface area contributed by atoms with E-state index in [0.29, 0.717) is 12.1 Å². The highest BCUT2D eigenvalue weighted by Gasteiger charge is 2.17. The van der Waals surface area contributed by atoms with Gasteiger partial charge in [-0.15, -0.1) is 19.0 Å². The molecular formula is C13H18ClFN2O. The van der Waals surface area contributed by atoms with Crippen molar-refractivity contribution in [2.24, 2.45) is 5.73 Å². The maximum Gasteiger partial charge on any atom is 0.239 e. The highest BCUT2D eigenvalue weighted by atomic mass is 35.5. The van der Waals surface area contributed by atoms with Crippen LogP contribution in [0.3, 0.4) is 0 Å². The fraction of sp³-hybridized carbons (Fsp3) is 0.308. The van der Waals surface area contributed by atoms with E-state index >= 15 is 0 Å². The van der Waals surface area contributed by atoms with Crippen LogP contribution in [0.15, 0.2) is 36.9 Å². The highest BCUT2D eigenvalue weighted by molar-refractivity contribution is 5.85. The highest BCUT2D eigenvalue weighted by Crippen LogP contribution is 2.10. The molecule has 1 aromatic carbocycles. The number of rotatable bonds is 5. The van der Waals surface area contributed by atoms with Crippen molar-refractivity contribution >= 4 is 18.3 Å². The Morgan fingerprint density at radius 1 is 1.56 bits per heavy atom. The second kappa shape index (κ2) is 7.84. The van der Waals surface area contributed by atoms with Gasteiger partial charge in [-0.2, -0.15) is 0 Å². The number of benzene rings is 1. The van der Waals surface area contributed by atoms with Gasteiger partial charge in [-0.3, -0.25) is 4.79 Å². The van der Waals surface area contributed by atoms with Crippen molar-refractivity contribution in [2.45, 2.75) is 19.5 Å². The first-order valence-corrected chi connectivity index (χ1v) is 5.45. The monoisotopic (exact) mass is 272 g/mol. The van der Waals surface area contributed by atoms with Crippen molar-refractivity contribution in [2.75, 3.05) is 6.54 Å². The first-order chi connectivity index (χ1) is 8.06. The van der Waals surface area contributed by atoms with Crippen LogP contribution in [0, 0.1) is 5.82 Å². The molecule has 1 atom stereocenters. The van der Waals surface area contributed by atoms with Crippen LogP contribution in [-0.2, 0) is 11.3 Å². The van der Waals surface area contributed by atoms with E-state index in [1.54, 1.807) is 31.2 Å². The van der Waals surface area contributed by atoms with Crippen LogP contribution in [0.25, 0.3) is 0 Å². The van der Waals surface area contributed by atoms with E-state index in [2.05, 4.69) is 6.58 Å². The molecule has 0 aromatic heterocycles. The molecule has 100 valence electrons. The maximum absolute atomic E-state index is 13.5. The molecule has 1 amide bonds. The second-order valence-corrected chi connectivity index (χ2v) is 3.89. The number of nitrogens with two attached hydrogens (primary N) is 1. The van der Waals surface area contributed by atoms with Crippen molar-refractivity contribution in [3.63, 3.8) is 0 Å². The first-order valence-electron chi connectivity index (χ1n) is 5.45. The number of halogens is 2. The zero-order valence-corrected chi connectivity index (χ0v) is 11.1. The maximum atomic E-state index is 13.5. The molecular weight excluding hydrogens is 255 g/mol. The lowest BCUT2D eigenvalue weighted by Crippen LogP contribution is -2.41. The molecule has 0 aliphatic heterocycles. The van der Waals surface area contributed by atoms with Gasteiger partial charge in [0.15, 0.2) is 0 Å². The van der Waals surface area contributed by atoms with E-state index in [1.165, 1.54) is 11.0 Å². The first kappa shape index (κ1) is 16.6. The summed E-state index contributed by atoms with van der Waals surface area (Å²) in [6.45, 7) is 5.75. The Bertz CT molecular complexity index is 410. The van der Waals surface area contributed by atoms with E-state index < -0.39 is 6.04 Å². The molecule has 0 heterocycles. The molecule has 0 aliphatic rings. The van der Waals surface area contributed by atoms with Gasteiger partial charge < -0.3 is 10.6 Å². The number of carbonyl (C=O) groups is 1. The molecule has 0 saturated carbocycles. The van der Waals surface area contributed by atoms with Gasteiger partial charge in [-0.1, -0.05) is 24.3 Å². The summed E-state index contributed by atoms with van der Waals surface area (Å²) in [5.41, 5.74) is 6.01. The molecule has 0 saturated heterocycles. The number of amides is 1. The molecule has 0 spiro atoms. The van der Waals surface area contributed by atoms with Crippen LogP contribution in [-0.4, -0.2) is 23.4 Å². The van der Waals surface area contributed by atoms with Crippen LogP contribution in [0.1, 0.15) is 12.5 Å². The Kier molecular flexibility index (Phi) is 7.24. The number of hydrogen-bond acceptors (Lipinski definition) is 2. The lowest BCUT2D eigenvalue weighted by atomic mass is 10.2. The average Bonchev–Trinajstić information content (AvgIpc) is 2.30. The van der Waals surface area contributed by atoms with E-state index in [9.17, 15) is 9.18 Å². The summed E-state index contributed by atoms with van der Waals surface area (Å²) >= 11 is 0. The topological polar surface area (TPSA) is 46.3 Å². The molecule has 0 aliphatic carbocycles. The predicted octanol–water partition coefficient (Wildman–Crippen LogP) is 2.11. The van der Waals surface area contributed by atoms with Gasteiger partial charge in [0.25, 0.3) is 0 Å². The zero-order chi connectivity index (χ0) is 12.8. The van der Waals surface area contributed by atoms with Gasteiger partial charge in [0, 0.05) is 18.7 Å². The fourth-order valence-corrected chi connectivity index (χ4v) is 1.51. The summed E-state index contributed by atoms with van der Waals surface area (Å²) in [7, 11) is 0. The SMILES string of the molecule is C=CCN(Cc1ccccc1F)C(=O)[C@@H](C)N.Cl. The van der Waals surface area contributed by atoms with E-state index in [0.717, 1.165) is 0 Å². The quantitative estimate of drug-likeness (QED) is 0.835. The van der Waals surface area contributed by atoms with E-state index in [4.69, 9.17) is 5.73 Å².